The van der Waals surface area contributed by atoms with Crippen molar-refractivity contribution in [3.8, 4) is 0 Å². The molecule has 1 aromatic rings. The van der Waals surface area contributed by atoms with Gasteiger partial charge in [-0.3, -0.25) is 0 Å². The molecule has 0 bridgehead atoms. The van der Waals surface area contributed by atoms with Gasteiger partial charge in [0.05, 0.1) is 6.61 Å². The summed E-state index contributed by atoms with van der Waals surface area (Å²) in [4.78, 5) is 11.5. The molecule has 0 aliphatic carbocycles. The lowest BCUT2D eigenvalue weighted by atomic mass is 10.0. The van der Waals surface area contributed by atoms with E-state index in [0.717, 1.165) is 31.2 Å². The van der Waals surface area contributed by atoms with Crippen molar-refractivity contribution in [2.45, 2.75) is 46.5 Å². The third-order valence-electron chi connectivity index (χ3n) is 3.15. The average molecular weight is 260 g/mol. The highest BCUT2D eigenvalue weighted by Crippen LogP contribution is 2.13. The lowest BCUT2D eigenvalue weighted by molar-refractivity contribution is -0.137. The van der Waals surface area contributed by atoms with Gasteiger partial charge < -0.3 is 4.74 Å². The molecular formula is C17H24O2. The Morgan fingerprint density at radius 3 is 2.68 bits per heavy atom. The van der Waals surface area contributed by atoms with Crippen LogP contribution in [0.4, 0.5) is 0 Å². The topological polar surface area (TPSA) is 26.3 Å². The molecule has 1 aromatic carbocycles. The summed E-state index contributed by atoms with van der Waals surface area (Å²) >= 11 is 0. The Hall–Kier alpha value is -1.57. The van der Waals surface area contributed by atoms with Crippen LogP contribution in [0.1, 0.15) is 49.8 Å². The van der Waals surface area contributed by atoms with Gasteiger partial charge in [-0.15, -0.1) is 0 Å². The van der Waals surface area contributed by atoms with E-state index in [4.69, 9.17) is 4.74 Å². The van der Waals surface area contributed by atoms with Crippen LogP contribution in [0.5, 0.6) is 0 Å². The number of hydrogen-bond acceptors (Lipinski definition) is 2. The number of rotatable bonds is 7. The molecule has 0 saturated carbocycles. The van der Waals surface area contributed by atoms with Gasteiger partial charge in [0.2, 0.25) is 0 Å². The van der Waals surface area contributed by atoms with E-state index in [1.54, 1.807) is 0 Å². The van der Waals surface area contributed by atoms with Crippen LogP contribution in [0.15, 0.2) is 24.3 Å². The quantitative estimate of drug-likeness (QED) is 0.415. The summed E-state index contributed by atoms with van der Waals surface area (Å²) in [6.07, 6.45) is 7.54. The number of benzene rings is 1. The number of esters is 1. The summed E-state index contributed by atoms with van der Waals surface area (Å²) in [6, 6.07) is 6.24. The highest BCUT2D eigenvalue weighted by Gasteiger charge is 1.98. The Balaban J connectivity index is 2.47. The van der Waals surface area contributed by atoms with Crippen LogP contribution < -0.4 is 0 Å². The second-order valence-corrected chi connectivity index (χ2v) is 4.75. The van der Waals surface area contributed by atoms with Gasteiger partial charge >= 0.3 is 5.97 Å². The third-order valence-corrected chi connectivity index (χ3v) is 3.15. The molecule has 0 aliphatic rings. The van der Waals surface area contributed by atoms with Gasteiger partial charge in [0.25, 0.3) is 0 Å². The number of carbonyl (C=O) groups excluding carboxylic acids is 1. The maximum Gasteiger partial charge on any atom is 0.330 e. The van der Waals surface area contributed by atoms with E-state index in [-0.39, 0.29) is 5.97 Å². The molecule has 0 N–H and O–H groups in total. The Kier molecular flexibility index (Phi) is 6.94. The molecule has 0 saturated heterocycles. The molecule has 104 valence electrons. The molecule has 2 heteroatoms. The summed E-state index contributed by atoms with van der Waals surface area (Å²) in [5.74, 6) is -0.256. The standard InChI is InChI=1S/C17H24O2/c1-4-6-7-12-19-17(18)11-9-15-8-10-16(5-2)14(3)13-15/h8-11,13H,4-7,12H2,1-3H3. The fourth-order valence-electron chi connectivity index (χ4n) is 1.96. The number of hydrogen-bond donors (Lipinski definition) is 0. The Morgan fingerprint density at radius 1 is 1.26 bits per heavy atom. The van der Waals surface area contributed by atoms with Crippen molar-refractivity contribution in [2.75, 3.05) is 6.61 Å². The van der Waals surface area contributed by atoms with E-state index in [1.807, 2.05) is 12.1 Å². The highest BCUT2D eigenvalue weighted by atomic mass is 16.5. The van der Waals surface area contributed by atoms with Crippen molar-refractivity contribution < 1.29 is 9.53 Å². The Labute approximate surface area is 116 Å². The van der Waals surface area contributed by atoms with Crippen molar-refractivity contribution in [1.82, 2.24) is 0 Å². The molecule has 19 heavy (non-hydrogen) atoms. The molecule has 0 radical (unpaired) electrons. The summed E-state index contributed by atoms with van der Waals surface area (Å²) < 4.78 is 5.12. The van der Waals surface area contributed by atoms with Crippen molar-refractivity contribution in [2.24, 2.45) is 0 Å². The molecule has 0 aliphatic heterocycles. The largest absolute Gasteiger partial charge is 0.463 e. The van der Waals surface area contributed by atoms with Crippen molar-refractivity contribution in [1.29, 1.82) is 0 Å². The Bertz CT molecular complexity index is 433. The first kappa shape index (κ1) is 15.5. The van der Waals surface area contributed by atoms with Gasteiger partial charge in [0, 0.05) is 6.08 Å². The van der Waals surface area contributed by atoms with Gasteiger partial charge in [-0.1, -0.05) is 44.9 Å². The molecule has 0 aromatic heterocycles. The van der Waals surface area contributed by atoms with Gasteiger partial charge in [0.15, 0.2) is 0 Å². The molecule has 1 rings (SSSR count). The minimum atomic E-state index is -0.256. The zero-order valence-corrected chi connectivity index (χ0v) is 12.2. The van der Waals surface area contributed by atoms with Crippen LogP contribution >= 0.6 is 0 Å². The fraction of sp³-hybridized carbons (Fsp3) is 0.471. The van der Waals surface area contributed by atoms with Crippen LogP contribution in [0.25, 0.3) is 6.08 Å². The summed E-state index contributed by atoms with van der Waals surface area (Å²) in [5, 5.41) is 0. The first-order chi connectivity index (χ1) is 9.17. The first-order valence-electron chi connectivity index (χ1n) is 7.11. The SMILES string of the molecule is CCCCCOC(=O)C=Cc1ccc(CC)c(C)c1. The fourth-order valence-corrected chi connectivity index (χ4v) is 1.96. The molecule has 0 unspecified atom stereocenters. The lowest BCUT2D eigenvalue weighted by Crippen LogP contribution is -2.01. The molecule has 0 spiro atoms. The highest BCUT2D eigenvalue weighted by molar-refractivity contribution is 5.87. The second kappa shape index (κ2) is 8.52. The van der Waals surface area contributed by atoms with E-state index in [9.17, 15) is 4.79 Å². The lowest BCUT2D eigenvalue weighted by Gasteiger charge is -2.04. The number of ether oxygens (including phenoxy) is 1. The van der Waals surface area contributed by atoms with E-state index in [0.29, 0.717) is 6.61 Å². The Morgan fingerprint density at radius 2 is 2.05 bits per heavy atom. The zero-order valence-electron chi connectivity index (χ0n) is 12.2. The van der Waals surface area contributed by atoms with Crippen LogP contribution in [-0.4, -0.2) is 12.6 Å². The molecule has 0 fully saturated rings. The van der Waals surface area contributed by atoms with Crippen molar-refractivity contribution >= 4 is 12.0 Å². The first-order valence-corrected chi connectivity index (χ1v) is 7.11. The monoisotopic (exact) mass is 260 g/mol. The minimum Gasteiger partial charge on any atom is -0.463 e. The number of unbranched alkanes of at least 4 members (excludes halogenated alkanes) is 2. The van der Waals surface area contributed by atoms with Crippen molar-refractivity contribution in [3.63, 3.8) is 0 Å². The van der Waals surface area contributed by atoms with Gasteiger partial charge in [-0.25, -0.2) is 4.79 Å². The number of aryl methyl sites for hydroxylation is 2. The van der Waals surface area contributed by atoms with E-state index >= 15 is 0 Å². The van der Waals surface area contributed by atoms with Crippen LogP contribution in [0.3, 0.4) is 0 Å². The van der Waals surface area contributed by atoms with E-state index in [2.05, 4.69) is 32.9 Å². The van der Waals surface area contributed by atoms with Crippen molar-refractivity contribution in [3.05, 3.63) is 41.0 Å². The maximum atomic E-state index is 11.5. The van der Waals surface area contributed by atoms with Gasteiger partial charge in [0.1, 0.15) is 0 Å². The average Bonchev–Trinajstić information content (AvgIpc) is 2.41. The molecular weight excluding hydrogens is 236 g/mol. The van der Waals surface area contributed by atoms with Gasteiger partial charge in [-0.05, 0) is 42.5 Å². The van der Waals surface area contributed by atoms with E-state index in [1.165, 1.54) is 17.2 Å². The van der Waals surface area contributed by atoms with Crippen LogP contribution in [-0.2, 0) is 16.0 Å². The predicted octanol–water partition coefficient (Wildman–Crippen LogP) is 4.30. The summed E-state index contributed by atoms with van der Waals surface area (Å²) in [7, 11) is 0. The molecule has 0 atom stereocenters. The number of carbonyl (C=O) groups is 1. The predicted molar refractivity (Wildman–Crippen MR) is 80.1 cm³/mol. The molecule has 2 nitrogen and oxygen atoms in total. The smallest absolute Gasteiger partial charge is 0.330 e. The molecule has 0 heterocycles. The van der Waals surface area contributed by atoms with Crippen LogP contribution in [0.2, 0.25) is 0 Å². The second-order valence-electron chi connectivity index (χ2n) is 4.75. The van der Waals surface area contributed by atoms with Crippen LogP contribution in [0, 0.1) is 6.92 Å². The molecule has 0 amide bonds. The third kappa shape index (κ3) is 5.73. The minimum absolute atomic E-state index is 0.256. The van der Waals surface area contributed by atoms with E-state index < -0.39 is 0 Å². The normalized spacial score (nSPS) is 10.9. The zero-order chi connectivity index (χ0) is 14.1. The summed E-state index contributed by atoms with van der Waals surface area (Å²) in [5.41, 5.74) is 3.65. The summed E-state index contributed by atoms with van der Waals surface area (Å²) in [6.45, 7) is 6.89. The van der Waals surface area contributed by atoms with Gasteiger partial charge in [-0.2, -0.15) is 0 Å². The maximum absolute atomic E-state index is 11.5.